The average Bonchev–Trinajstić information content (AvgIpc) is 2.37. The van der Waals surface area contributed by atoms with Gasteiger partial charge in [0.1, 0.15) is 5.82 Å². The van der Waals surface area contributed by atoms with Gasteiger partial charge in [-0.15, -0.1) is 0 Å². The topological polar surface area (TPSA) is 36.4 Å². The van der Waals surface area contributed by atoms with E-state index < -0.39 is 5.82 Å². The number of guanidine groups is 1. The predicted octanol–water partition coefficient (Wildman–Crippen LogP) is 2.51. The second-order valence-electron chi connectivity index (χ2n) is 3.59. The highest BCUT2D eigenvalue weighted by molar-refractivity contribution is 7.98. The van der Waals surface area contributed by atoms with Crippen LogP contribution in [0.15, 0.2) is 23.2 Å². The molecule has 2 N–H and O–H groups in total. The van der Waals surface area contributed by atoms with E-state index in [1.54, 1.807) is 30.9 Å². The van der Waals surface area contributed by atoms with Crippen molar-refractivity contribution in [2.45, 2.75) is 6.54 Å². The van der Waals surface area contributed by atoms with E-state index in [0.29, 0.717) is 6.54 Å². The molecular formula is C12H17ClFN3S. The van der Waals surface area contributed by atoms with Gasteiger partial charge in [-0.3, -0.25) is 4.99 Å². The van der Waals surface area contributed by atoms with Crippen LogP contribution in [0.4, 0.5) is 4.39 Å². The van der Waals surface area contributed by atoms with E-state index in [4.69, 9.17) is 11.6 Å². The zero-order valence-corrected chi connectivity index (χ0v) is 12.0. The molecule has 0 saturated carbocycles. The second kappa shape index (κ2) is 8.21. The molecule has 0 bridgehead atoms. The maximum atomic E-state index is 13.0. The summed E-state index contributed by atoms with van der Waals surface area (Å²) in [5.41, 5.74) is 0.911. The zero-order chi connectivity index (χ0) is 13.4. The maximum absolute atomic E-state index is 13.0. The van der Waals surface area contributed by atoms with Gasteiger partial charge in [0.25, 0.3) is 0 Å². The van der Waals surface area contributed by atoms with E-state index in [-0.39, 0.29) is 5.02 Å². The molecule has 0 aliphatic carbocycles. The van der Waals surface area contributed by atoms with Gasteiger partial charge in [0.2, 0.25) is 0 Å². The third kappa shape index (κ3) is 5.14. The molecule has 0 saturated heterocycles. The van der Waals surface area contributed by atoms with Gasteiger partial charge in [0.05, 0.1) is 5.02 Å². The molecule has 0 heterocycles. The molecule has 0 aliphatic heterocycles. The van der Waals surface area contributed by atoms with Crippen molar-refractivity contribution < 1.29 is 4.39 Å². The molecule has 0 atom stereocenters. The molecule has 3 nitrogen and oxygen atoms in total. The fourth-order valence-corrected chi connectivity index (χ4v) is 1.84. The lowest BCUT2D eigenvalue weighted by Crippen LogP contribution is -2.37. The summed E-state index contributed by atoms with van der Waals surface area (Å²) in [6.07, 6.45) is 2.05. The van der Waals surface area contributed by atoms with Crippen molar-refractivity contribution in [2.24, 2.45) is 4.99 Å². The summed E-state index contributed by atoms with van der Waals surface area (Å²) < 4.78 is 13.0. The summed E-state index contributed by atoms with van der Waals surface area (Å²) in [5, 5.41) is 6.46. The maximum Gasteiger partial charge on any atom is 0.191 e. The Bertz CT molecular complexity index is 412. The van der Waals surface area contributed by atoms with Crippen LogP contribution < -0.4 is 10.6 Å². The van der Waals surface area contributed by atoms with E-state index in [2.05, 4.69) is 21.9 Å². The summed E-state index contributed by atoms with van der Waals surface area (Å²) in [5.74, 6) is 1.34. The van der Waals surface area contributed by atoms with Gasteiger partial charge >= 0.3 is 0 Å². The third-order valence-corrected chi connectivity index (χ3v) is 3.17. The molecule has 0 radical (unpaired) electrons. The third-order valence-electron chi connectivity index (χ3n) is 2.27. The Labute approximate surface area is 116 Å². The number of hydrogen-bond acceptors (Lipinski definition) is 2. The molecule has 6 heteroatoms. The van der Waals surface area contributed by atoms with E-state index in [9.17, 15) is 4.39 Å². The lowest BCUT2D eigenvalue weighted by Gasteiger charge is -2.11. The monoisotopic (exact) mass is 289 g/mol. The fraction of sp³-hybridized carbons (Fsp3) is 0.417. The first kappa shape index (κ1) is 15.1. The molecule has 1 rings (SSSR count). The Morgan fingerprint density at radius 2 is 2.22 bits per heavy atom. The molecule has 1 aromatic carbocycles. The standard InChI is InChI=1S/C12H17ClFN3S/c1-15-12(16-5-6-18-2)17-8-9-3-4-11(14)10(13)7-9/h3-4,7H,5-6,8H2,1-2H3,(H2,15,16,17). The van der Waals surface area contributed by atoms with Gasteiger partial charge in [-0.25, -0.2) is 4.39 Å². The van der Waals surface area contributed by atoms with E-state index in [1.807, 2.05) is 0 Å². The van der Waals surface area contributed by atoms with Crippen LogP contribution >= 0.6 is 23.4 Å². The van der Waals surface area contributed by atoms with Crippen molar-refractivity contribution in [2.75, 3.05) is 25.6 Å². The van der Waals surface area contributed by atoms with Crippen molar-refractivity contribution in [1.29, 1.82) is 0 Å². The van der Waals surface area contributed by atoms with E-state index >= 15 is 0 Å². The molecule has 18 heavy (non-hydrogen) atoms. The molecule has 0 unspecified atom stereocenters. The van der Waals surface area contributed by atoms with Crippen LogP contribution in [0.3, 0.4) is 0 Å². The van der Waals surface area contributed by atoms with Gasteiger partial charge in [-0.2, -0.15) is 11.8 Å². The van der Waals surface area contributed by atoms with Gasteiger partial charge in [0, 0.05) is 25.9 Å². The molecule has 0 aromatic heterocycles. The fourth-order valence-electron chi connectivity index (χ4n) is 1.33. The summed E-state index contributed by atoms with van der Waals surface area (Å²) in [7, 11) is 1.71. The van der Waals surface area contributed by atoms with Gasteiger partial charge in [-0.1, -0.05) is 17.7 Å². The number of hydrogen-bond donors (Lipinski definition) is 2. The Hall–Kier alpha value is -0.940. The molecule has 0 amide bonds. The summed E-state index contributed by atoms with van der Waals surface area (Å²) in [6, 6.07) is 4.67. The van der Waals surface area contributed by atoms with Crippen molar-refractivity contribution in [1.82, 2.24) is 10.6 Å². The van der Waals surface area contributed by atoms with E-state index in [0.717, 1.165) is 23.8 Å². The molecular weight excluding hydrogens is 273 g/mol. The highest BCUT2D eigenvalue weighted by Crippen LogP contribution is 2.15. The van der Waals surface area contributed by atoms with E-state index in [1.165, 1.54) is 6.07 Å². The van der Waals surface area contributed by atoms with Crippen LogP contribution in [0, 0.1) is 5.82 Å². The number of rotatable bonds is 5. The first-order valence-electron chi connectivity index (χ1n) is 5.54. The van der Waals surface area contributed by atoms with Crippen molar-refractivity contribution in [3.8, 4) is 0 Å². The first-order valence-corrected chi connectivity index (χ1v) is 7.32. The minimum Gasteiger partial charge on any atom is -0.356 e. The number of thioether (sulfide) groups is 1. The Morgan fingerprint density at radius 1 is 1.44 bits per heavy atom. The molecule has 0 aliphatic rings. The molecule has 0 fully saturated rings. The SMILES string of the molecule is CN=C(NCCSC)NCc1ccc(F)c(Cl)c1. The number of nitrogens with zero attached hydrogens (tertiary/aromatic N) is 1. The lowest BCUT2D eigenvalue weighted by atomic mass is 10.2. The Kier molecular flexibility index (Phi) is 6.90. The lowest BCUT2D eigenvalue weighted by molar-refractivity contribution is 0.627. The predicted molar refractivity (Wildman–Crippen MR) is 78.0 cm³/mol. The van der Waals surface area contributed by atoms with Gasteiger partial charge in [-0.05, 0) is 24.0 Å². The van der Waals surface area contributed by atoms with Crippen molar-refractivity contribution in [3.63, 3.8) is 0 Å². The van der Waals surface area contributed by atoms with Crippen LogP contribution in [0.2, 0.25) is 5.02 Å². The molecule has 0 spiro atoms. The molecule has 100 valence electrons. The van der Waals surface area contributed by atoms with Gasteiger partial charge < -0.3 is 10.6 Å². The van der Waals surface area contributed by atoms with Crippen LogP contribution in [0.25, 0.3) is 0 Å². The van der Waals surface area contributed by atoms with Gasteiger partial charge in [0.15, 0.2) is 5.96 Å². The molecule has 1 aromatic rings. The minimum absolute atomic E-state index is 0.139. The first-order chi connectivity index (χ1) is 8.67. The largest absolute Gasteiger partial charge is 0.356 e. The zero-order valence-electron chi connectivity index (χ0n) is 10.5. The second-order valence-corrected chi connectivity index (χ2v) is 4.99. The highest BCUT2D eigenvalue weighted by atomic mass is 35.5. The summed E-state index contributed by atoms with van der Waals surface area (Å²) in [4.78, 5) is 4.09. The average molecular weight is 290 g/mol. The van der Waals surface area contributed by atoms with Crippen LogP contribution in [-0.2, 0) is 6.54 Å². The van der Waals surface area contributed by atoms with Crippen LogP contribution in [0.1, 0.15) is 5.56 Å². The smallest absolute Gasteiger partial charge is 0.191 e. The minimum atomic E-state index is -0.400. The summed E-state index contributed by atoms with van der Waals surface area (Å²) in [6.45, 7) is 1.41. The summed E-state index contributed by atoms with van der Waals surface area (Å²) >= 11 is 7.48. The van der Waals surface area contributed by atoms with Crippen LogP contribution in [0.5, 0.6) is 0 Å². The number of aliphatic imine (C=N–C) groups is 1. The number of benzene rings is 1. The van der Waals surface area contributed by atoms with Crippen LogP contribution in [-0.4, -0.2) is 31.6 Å². The van der Waals surface area contributed by atoms with Crippen molar-refractivity contribution >= 4 is 29.3 Å². The quantitative estimate of drug-likeness (QED) is 0.497. The number of nitrogens with one attached hydrogen (secondary N) is 2. The Balaban J connectivity index is 2.45. The number of halogens is 2. The Morgan fingerprint density at radius 3 is 2.83 bits per heavy atom. The van der Waals surface area contributed by atoms with Crippen molar-refractivity contribution in [3.05, 3.63) is 34.6 Å². The highest BCUT2D eigenvalue weighted by Gasteiger charge is 2.02. The normalized spacial score (nSPS) is 11.4.